The van der Waals surface area contributed by atoms with Gasteiger partial charge < -0.3 is 15.0 Å². The number of aryl methyl sites for hydroxylation is 1. The summed E-state index contributed by atoms with van der Waals surface area (Å²) in [5, 5.41) is 3.13. The number of anilines is 1. The lowest BCUT2D eigenvalue weighted by Gasteiger charge is -2.19. The number of carbonyl (C=O) groups is 1. The van der Waals surface area contributed by atoms with Crippen molar-refractivity contribution in [2.24, 2.45) is 5.92 Å². The summed E-state index contributed by atoms with van der Waals surface area (Å²) in [5.41, 5.74) is 3.54. The van der Waals surface area contributed by atoms with Crippen LogP contribution in [-0.2, 0) is 17.8 Å². The Hall–Kier alpha value is -2.79. The van der Waals surface area contributed by atoms with Crippen molar-refractivity contribution >= 4 is 27.5 Å². The van der Waals surface area contributed by atoms with Crippen molar-refractivity contribution in [3.63, 3.8) is 0 Å². The largest absolute Gasteiger partial charge is 0.489 e. The predicted octanol–water partition coefficient (Wildman–Crippen LogP) is 5.60. The molecule has 4 nitrogen and oxygen atoms in total. The van der Waals surface area contributed by atoms with Crippen LogP contribution in [0.25, 0.3) is 0 Å². The highest BCUT2D eigenvalue weighted by Gasteiger charge is 2.23. The molecule has 0 aromatic heterocycles. The van der Waals surface area contributed by atoms with Crippen LogP contribution in [0.2, 0.25) is 0 Å². The van der Waals surface area contributed by atoms with E-state index < -0.39 is 0 Å². The number of halogens is 1. The lowest BCUT2D eigenvalue weighted by Crippen LogP contribution is -2.31. The molecule has 1 heterocycles. The molecule has 1 amide bonds. The molecule has 0 aliphatic carbocycles. The fourth-order valence-electron chi connectivity index (χ4n) is 4.00. The summed E-state index contributed by atoms with van der Waals surface area (Å²) in [5.74, 6) is 1.47. The predicted molar refractivity (Wildman–Crippen MR) is 133 cm³/mol. The molecule has 3 aromatic carbocycles. The second kappa shape index (κ2) is 11.2. The van der Waals surface area contributed by atoms with Crippen molar-refractivity contribution in [1.29, 1.82) is 0 Å². The SMILES string of the molecule is O=C(CCc1ccc(OCc2ccccc2)cc1)NCC1CCN(c2cccc(Br)c2)C1. The molecule has 0 saturated carbocycles. The number of nitrogens with zero attached hydrogens (tertiary/aromatic N) is 1. The van der Waals surface area contributed by atoms with Crippen molar-refractivity contribution in [2.75, 3.05) is 24.5 Å². The van der Waals surface area contributed by atoms with E-state index in [0.29, 0.717) is 18.9 Å². The van der Waals surface area contributed by atoms with Gasteiger partial charge in [-0.2, -0.15) is 0 Å². The molecule has 1 unspecified atom stereocenters. The highest BCUT2D eigenvalue weighted by molar-refractivity contribution is 9.10. The molecule has 1 aliphatic heterocycles. The highest BCUT2D eigenvalue weighted by atomic mass is 79.9. The van der Waals surface area contributed by atoms with Crippen LogP contribution in [0.1, 0.15) is 24.0 Å². The van der Waals surface area contributed by atoms with E-state index in [-0.39, 0.29) is 5.91 Å². The van der Waals surface area contributed by atoms with E-state index in [1.165, 1.54) is 5.69 Å². The molecule has 0 radical (unpaired) electrons. The van der Waals surface area contributed by atoms with Gasteiger partial charge in [0.05, 0.1) is 0 Å². The first kappa shape index (κ1) is 22.4. The van der Waals surface area contributed by atoms with Crippen LogP contribution in [0.3, 0.4) is 0 Å². The third-order valence-electron chi connectivity index (χ3n) is 5.86. The van der Waals surface area contributed by atoms with Gasteiger partial charge in [-0.15, -0.1) is 0 Å². The first-order valence-corrected chi connectivity index (χ1v) is 12.0. The first-order chi connectivity index (χ1) is 15.7. The summed E-state index contributed by atoms with van der Waals surface area (Å²) in [6.07, 6.45) is 2.35. The highest BCUT2D eigenvalue weighted by Crippen LogP contribution is 2.26. The maximum Gasteiger partial charge on any atom is 0.220 e. The summed E-state index contributed by atoms with van der Waals surface area (Å²) >= 11 is 3.54. The van der Waals surface area contributed by atoms with Gasteiger partial charge in [-0.25, -0.2) is 0 Å². The summed E-state index contributed by atoms with van der Waals surface area (Å²) in [6, 6.07) is 26.6. The van der Waals surface area contributed by atoms with Gasteiger partial charge in [0.1, 0.15) is 12.4 Å². The number of rotatable bonds is 9. The summed E-state index contributed by atoms with van der Waals surface area (Å²) in [6.45, 7) is 3.33. The van der Waals surface area contributed by atoms with Crippen LogP contribution in [0.4, 0.5) is 5.69 Å². The zero-order chi connectivity index (χ0) is 22.2. The van der Waals surface area contributed by atoms with Gasteiger partial charge in [-0.05, 0) is 60.2 Å². The number of amides is 1. The minimum Gasteiger partial charge on any atom is -0.489 e. The van der Waals surface area contributed by atoms with E-state index >= 15 is 0 Å². The zero-order valence-electron chi connectivity index (χ0n) is 18.2. The Balaban J connectivity index is 1.15. The van der Waals surface area contributed by atoms with E-state index in [4.69, 9.17) is 4.74 Å². The Labute approximate surface area is 198 Å². The number of nitrogens with one attached hydrogen (secondary N) is 1. The minimum atomic E-state index is 0.121. The van der Waals surface area contributed by atoms with Crippen LogP contribution in [0.5, 0.6) is 5.75 Å². The molecule has 1 N–H and O–H groups in total. The average Bonchev–Trinajstić information content (AvgIpc) is 3.31. The number of hydrogen-bond donors (Lipinski definition) is 1. The Morgan fingerprint density at radius 3 is 2.59 bits per heavy atom. The summed E-state index contributed by atoms with van der Waals surface area (Å²) < 4.78 is 6.93. The maximum absolute atomic E-state index is 12.3. The lowest BCUT2D eigenvalue weighted by atomic mass is 10.1. The normalized spacial score (nSPS) is 15.5. The van der Waals surface area contributed by atoms with Crippen LogP contribution < -0.4 is 15.0 Å². The summed E-state index contributed by atoms with van der Waals surface area (Å²) in [7, 11) is 0. The molecule has 0 spiro atoms. The molecular formula is C27H29BrN2O2. The molecule has 1 saturated heterocycles. The fourth-order valence-corrected chi connectivity index (χ4v) is 4.39. The van der Waals surface area contributed by atoms with Gasteiger partial charge >= 0.3 is 0 Å². The second-order valence-corrected chi connectivity index (χ2v) is 9.22. The van der Waals surface area contributed by atoms with Crippen LogP contribution in [-0.4, -0.2) is 25.5 Å². The van der Waals surface area contributed by atoms with Crippen molar-refractivity contribution in [3.8, 4) is 5.75 Å². The Morgan fingerprint density at radius 2 is 1.81 bits per heavy atom. The van der Waals surface area contributed by atoms with E-state index in [1.54, 1.807) is 0 Å². The molecule has 5 heteroatoms. The van der Waals surface area contributed by atoms with Gasteiger partial charge in [0.2, 0.25) is 5.91 Å². The second-order valence-electron chi connectivity index (χ2n) is 8.30. The average molecular weight is 493 g/mol. The lowest BCUT2D eigenvalue weighted by molar-refractivity contribution is -0.121. The topological polar surface area (TPSA) is 41.6 Å². The van der Waals surface area contributed by atoms with Crippen molar-refractivity contribution in [3.05, 3.63) is 94.5 Å². The van der Waals surface area contributed by atoms with Crippen molar-refractivity contribution in [1.82, 2.24) is 5.32 Å². The molecular weight excluding hydrogens is 464 g/mol. The number of benzene rings is 3. The third kappa shape index (κ3) is 6.60. The summed E-state index contributed by atoms with van der Waals surface area (Å²) in [4.78, 5) is 14.7. The molecule has 1 fully saturated rings. The van der Waals surface area contributed by atoms with E-state index in [0.717, 1.165) is 53.8 Å². The van der Waals surface area contributed by atoms with E-state index in [2.05, 4.69) is 56.5 Å². The van der Waals surface area contributed by atoms with Gasteiger partial charge in [-0.1, -0.05) is 64.5 Å². The number of hydrogen-bond acceptors (Lipinski definition) is 3. The van der Waals surface area contributed by atoms with Gasteiger partial charge in [0.15, 0.2) is 0 Å². The van der Waals surface area contributed by atoms with Crippen molar-refractivity contribution in [2.45, 2.75) is 25.9 Å². The molecule has 3 aromatic rings. The monoisotopic (exact) mass is 492 g/mol. The van der Waals surface area contributed by atoms with E-state index in [9.17, 15) is 4.79 Å². The smallest absolute Gasteiger partial charge is 0.220 e. The Bertz CT molecular complexity index is 1010. The molecule has 1 aliphatic rings. The fraction of sp³-hybridized carbons (Fsp3) is 0.296. The maximum atomic E-state index is 12.3. The van der Waals surface area contributed by atoms with E-state index in [1.807, 2.05) is 48.5 Å². The van der Waals surface area contributed by atoms with Gasteiger partial charge in [0, 0.05) is 36.2 Å². The standard InChI is InChI=1S/C27H29BrN2O2/c28-24-7-4-8-25(17-24)30-16-15-23(19-30)18-29-27(31)14-11-21-9-12-26(13-10-21)32-20-22-5-2-1-3-6-22/h1-10,12-13,17,23H,11,14-16,18-20H2,(H,29,31). The number of ether oxygens (including phenoxy) is 1. The van der Waals surface area contributed by atoms with Gasteiger partial charge in [0.25, 0.3) is 0 Å². The minimum absolute atomic E-state index is 0.121. The third-order valence-corrected chi connectivity index (χ3v) is 6.35. The molecule has 4 rings (SSSR count). The van der Waals surface area contributed by atoms with Crippen LogP contribution in [0.15, 0.2) is 83.3 Å². The zero-order valence-corrected chi connectivity index (χ0v) is 19.8. The number of carbonyl (C=O) groups excluding carboxylic acids is 1. The van der Waals surface area contributed by atoms with Gasteiger partial charge in [-0.3, -0.25) is 4.79 Å². The quantitative estimate of drug-likeness (QED) is 0.422. The Morgan fingerprint density at radius 1 is 1.00 bits per heavy atom. The molecule has 1 atom stereocenters. The molecule has 32 heavy (non-hydrogen) atoms. The van der Waals surface area contributed by atoms with Crippen LogP contribution in [0, 0.1) is 5.92 Å². The molecule has 0 bridgehead atoms. The Kier molecular flexibility index (Phi) is 7.83. The molecule has 166 valence electrons. The first-order valence-electron chi connectivity index (χ1n) is 11.2. The van der Waals surface area contributed by atoms with Crippen molar-refractivity contribution < 1.29 is 9.53 Å². The van der Waals surface area contributed by atoms with Crippen LogP contribution >= 0.6 is 15.9 Å².